The SMILES string of the molecule is CC(C)c1ccc(I)cc1.O=S(=O)(O)C(F)(F)C(F)(F)C(F)(F)C(F)(F)F. The Bertz CT molecular complexity index is 728. The summed E-state index contributed by atoms with van der Waals surface area (Å²) in [6.45, 7) is 4.42. The summed E-state index contributed by atoms with van der Waals surface area (Å²) < 4.78 is 135. The molecule has 0 unspecified atom stereocenters. The Kier molecular flexibility index (Phi) is 8.07. The minimum atomic E-state index is -7.37. The highest BCUT2D eigenvalue weighted by Crippen LogP contribution is 2.54. The molecule has 0 heterocycles. The molecule has 0 spiro atoms. The number of benzene rings is 1. The van der Waals surface area contributed by atoms with Crippen molar-refractivity contribution in [2.75, 3.05) is 0 Å². The Morgan fingerprint density at radius 1 is 0.852 bits per heavy atom. The predicted molar refractivity (Wildman–Crippen MR) is 85.7 cm³/mol. The summed E-state index contributed by atoms with van der Waals surface area (Å²) in [6, 6.07) is 8.67. The van der Waals surface area contributed by atoms with Gasteiger partial charge in [-0.05, 0) is 46.2 Å². The smallest absolute Gasteiger partial charge is 0.281 e. The molecule has 1 aromatic carbocycles. The number of halogens is 10. The molecule has 0 bridgehead atoms. The summed E-state index contributed by atoms with van der Waals surface area (Å²) in [6.07, 6.45) is -7.13. The van der Waals surface area contributed by atoms with E-state index in [1.807, 2.05) is 0 Å². The minimum Gasteiger partial charge on any atom is -0.281 e. The van der Waals surface area contributed by atoms with E-state index in [0.29, 0.717) is 5.92 Å². The van der Waals surface area contributed by atoms with Crippen LogP contribution in [-0.2, 0) is 10.1 Å². The second kappa shape index (κ2) is 8.31. The second-order valence-electron chi connectivity index (χ2n) is 5.34. The van der Waals surface area contributed by atoms with Crippen LogP contribution in [0.2, 0.25) is 0 Å². The van der Waals surface area contributed by atoms with Crippen molar-refractivity contribution in [1.82, 2.24) is 0 Å². The van der Waals surface area contributed by atoms with Gasteiger partial charge >= 0.3 is 33.4 Å². The van der Waals surface area contributed by atoms with Crippen LogP contribution < -0.4 is 0 Å². The molecular formula is C13H12F9IO3S. The van der Waals surface area contributed by atoms with E-state index in [1.54, 1.807) is 0 Å². The van der Waals surface area contributed by atoms with Crippen LogP contribution in [0.15, 0.2) is 24.3 Å². The quantitative estimate of drug-likeness (QED) is 0.299. The summed E-state index contributed by atoms with van der Waals surface area (Å²) in [4.78, 5) is 0. The molecule has 0 amide bonds. The lowest BCUT2D eigenvalue weighted by Gasteiger charge is -2.31. The molecule has 1 N–H and O–H groups in total. The van der Waals surface area contributed by atoms with Crippen LogP contribution in [0.5, 0.6) is 0 Å². The fourth-order valence-electron chi connectivity index (χ4n) is 1.37. The van der Waals surface area contributed by atoms with E-state index in [-0.39, 0.29) is 0 Å². The average Bonchev–Trinajstić information content (AvgIpc) is 2.45. The van der Waals surface area contributed by atoms with E-state index >= 15 is 0 Å². The van der Waals surface area contributed by atoms with Crippen molar-refractivity contribution in [2.45, 2.75) is 43.0 Å². The van der Waals surface area contributed by atoms with Gasteiger partial charge in [0.1, 0.15) is 0 Å². The van der Waals surface area contributed by atoms with E-state index in [0.717, 1.165) is 0 Å². The number of hydrogen-bond donors (Lipinski definition) is 1. The first kappa shape index (κ1) is 26.2. The van der Waals surface area contributed by atoms with Crippen LogP contribution in [0.3, 0.4) is 0 Å². The highest BCUT2D eigenvalue weighted by atomic mass is 127. The number of alkyl halides is 9. The Morgan fingerprint density at radius 3 is 1.48 bits per heavy atom. The lowest BCUT2D eigenvalue weighted by Crippen LogP contribution is -2.63. The molecule has 14 heteroatoms. The molecule has 0 fully saturated rings. The van der Waals surface area contributed by atoms with Gasteiger partial charge in [0, 0.05) is 3.57 Å². The van der Waals surface area contributed by atoms with E-state index in [1.165, 1.54) is 9.13 Å². The van der Waals surface area contributed by atoms with Crippen LogP contribution in [0.25, 0.3) is 0 Å². The standard InChI is InChI=1S/C9H11I.C4HF9O3S/c1-7(2)8-3-5-9(10)6-4-8;5-1(6,3(9,10)11)2(7,8)4(12,13)17(14,15)16/h3-7H,1-2H3;(H,14,15,16). The Hall–Kier alpha value is -0.770. The molecule has 0 aromatic heterocycles. The summed E-state index contributed by atoms with van der Waals surface area (Å²) >= 11 is 2.32. The summed E-state index contributed by atoms with van der Waals surface area (Å²) in [7, 11) is -7.17. The zero-order valence-electron chi connectivity index (χ0n) is 13.3. The number of rotatable bonds is 4. The van der Waals surface area contributed by atoms with E-state index in [9.17, 15) is 47.9 Å². The van der Waals surface area contributed by atoms with Crippen molar-refractivity contribution in [3.05, 3.63) is 33.4 Å². The largest absolute Gasteiger partial charge is 0.460 e. The fraction of sp³-hybridized carbons (Fsp3) is 0.538. The Labute approximate surface area is 161 Å². The van der Waals surface area contributed by atoms with Gasteiger partial charge in [-0.3, -0.25) is 4.55 Å². The predicted octanol–water partition coefficient (Wildman–Crippen LogP) is 5.71. The fourth-order valence-corrected chi connectivity index (χ4v) is 2.18. The Balaban J connectivity index is 0.000000569. The summed E-state index contributed by atoms with van der Waals surface area (Å²) in [5, 5.41) is -7.00. The van der Waals surface area contributed by atoms with Crippen molar-refractivity contribution in [2.24, 2.45) is 0 Å². The average molecular weight is 546 g/mol. The van der Waals surface area contributed by atoms with Gasteiger partial charge in [0.15, 0.2) is 0 Å². The van der Waals surface area contributed by atoms with Crippen LogP contribution in [0, 0.1) is 3.57 Å². The van der Waals surface area contributed by atoms with Crippen molar-refractivity contribution >= 4 is 32.7 Å². The third-order valence-electron chi connectivity index (χ3n) is 2.98. The van der Waals surface area contributed by atoms with Gasteiger partial charge in [0.25, 0.3) is 0 Å². The van der Waals surface area contributed by atoms with Crippen LogP contribution in [-0.4, -0.2) is 36.2 Å². The molecular weight excluding hydrogens is 534 g/mol. The van der Waals surface area contributed by atoms with Crippen LogP contribution in [0.4, 0.5) is 39.5 Å². The maximum atomic E-state index is 12.2. The molecule has 1 aromatic rings. The third-order valence-corrected chi connectivity index (χ3v) is 4.60. The highest BCUT2D eigenvalue weighted by molar-refractivity contribution is 14.1. The monoisotopic (exact) mass is 546 g/mol. The topological polar surface area (TPSA) is 54.4 Å². The molecule has 0 radical (unpaired) electrons. The highest BCUT2D eigenvalue weighted by Gasteiger charge is 2.85. The maximum Gasteiger partial charge on any atom is 0.460 e. The third kappa shape index (κ3) is 5.62. The molecule has 0 aliphatic carbocycles. The van der Waals surface area contributed by atoms with Gasteiger partial charge in [0.2, 0.25) is 0 Å². The van der Waals surface area contributed by atoms with Gasteiger partial charge in [-0.25, -0.2) is 0 Å². The molecule has 1 rings (SSSR count). The number of hydrogen-bond acceptors (Lipinski definition) is 2. The summed E-state index contributed by atoms with van der Waals surface area (Å²) in [5.41, 5.74) is 1.42. The molecule has 0 atom stereocenters. The van der Waals surface area contributed by atoms with Crippen molar-refractivity contribution < 1.29 is 52.5 Å². The van der Waals surface area contributed by atoms with Gasteiger partial charge in [-0.1, -0.05) is 26.0 Å². The molecule has 158 valence electrons. The van der Waals surface area contributed by atoms with Crippen molar-refractivity contribution in [1.29, 1.82) is 0 Å². The van der Waals surface area contributed by atoms with Crippen LogP contribution in [0.1, 0.15) is 25.3 Å². The molecule has 0 saturated heterocycles. The lowest BCUT2D eigenvalue weighted by molar-refractivity contribution is -0.382. The second-order valence-corrected chi connectivity index (χ2v) is 8.05. The normalized spacial score (nSPS) is 14.0. The molecule has 3 nitrogen and oxygen atoms in total. The van der Waals surface area contributed by atoms with Gasteiger partial charge < -0.3 is 0 Å². The van der Waals surface area contributed by atoms with E-state index in [4.69, 9.17) is 4.55 Å². The van der Waals surface area contributed by atoms with Gasteiger partial charge in [-0.2, -0.15) is 47.9 Å². The zero-order valence-corrected chi connectivity index (χ0v) is 16.3. The summed E-state index contributed by atoms with van der Waals surface area (Å²) in [5.74, 6) is -14.1. The molecule has 0 aliphatic heterocycles. The first-order chi connectivity index (χ1) is 11.7. The minimum absolute atomic E-state index is 0.650. The maximum absolute atomic E-state index is 12.2. The van der Waals surface area contributed by atoms with Crippen molar-refractivity contribution in [3.63, 3.8) is 0 Å². The lowest BCUT2D eigenvalue weighted by atomic mass is 10.0. The van der Waals surface area contributed by atoms with Gasteiger partial charge in [0.05, 0.1) is 0 Å². The molecule has 27 heavy (non-hydrogen) atoms. The first-order valence-corrected chi connectivity index (χ1v) is 9.14. The van der Waals surface area contributed by atoms with E-state index < -0.39 is 33.4 Å². The Morgan fingerprint density at radius 2 is 1.22 bits per heavy atom. The molecule has 0 aliphatic rings. The molecule has 0 saturated carbocycles. The van der Waals surface area contributed by atoms with Gasteiger partial charge in [-0.15, -0.1) is 0 Å². The zero-order chi connectivity index (χ0) is 22.1. The van der Waals surface area contributed by atoms with Crippen LogP contribution >= 0.6 is 22.6 Å². The van der Waals surface area contributed by atoms with Crippen molar-refractivity contribution in [3.8, 4) is 0 Å². The van der Waals surface area contributed by atoms with E-state index in [2.05, 4.69) is 60.7 Å². The first-order valence-electron chi connectivity index (χ1n) is 6.62.